The van der Waals surface area contributed by atoms with Gasteiger partial charge in [-0.1, -0.05) is 45.0 Å². The predicted octanol–water partition coefficient (Wildman–Crippen LogP) is 5.79. The van der Waals surface area contributed by atoms with E-state index in [2.05, 4.69) is 41.2 Å². The number of benzene rings is 1. The Labute approximate surface area is 399 Å². The highest BCUT2D eigenvalue weighted by Crippen LogP contribution is 2.34. The van der Waals surface area contributed by atoms with E-state index in [0.717, 1.165) is 45.4 Å². The Bertz CT molecular complexity index is 2520. The summed E-state index contributed by atoms with van der Waals surface area (Å²) < 4.78 is 31.2. The number of ether oxygens (including phenoxy) is 3. The van der Waals surface area contributed by atoms with E-state index < -0.39 is 35.6 Å². The molecule has 2 aliphatic rings. The number of likely N-dealkylation sites (tertiary alicyclic amines) is 1. The van der Waals surface area contributed by atoms with E-state index >= 15 is 0 Å². The fourth-order valence-electron chi connectivity index (χ4n) is 7.75. The minimum Gasteiger partial charge on any atom is -0.391 e. The van der Waals surface area contributed by atoms with Crippen molar-refractivity contribution in [2.45, 2.75) is 84.3 Å². The van der Waals surface area contributed by atoms with Crippen molar-refractivity contribution in [3.8, 4) is 10.4 Å². The number of nitrogens with zero attached hydrogens (tertiary/aromatic N) is 5. The van der Waals surface area contributed by atoms with Gasteiger partial charge in [0.1, 0.15) is 30.5 Å². The molecule has 1 saturated heterocycles. The number of amides is 3. The number of aliphatic hydroxyl groups is 1. The number of hydrogen-bond donors (Lipinski definition) is 5. The van der Waals surface area contributed by atoms with Crippen molar-refractivity contribution in [3.05, 3.63) is 89.5 Å². The summed E-state index contributed by atoms with van der Waals surface area (Å²) in [4.78, 5) is 73.5. The molecule has 7 rings (SSSR count). The summed E-state index contributed by atoms with van der Waals surface area (Å²) in [5, 5.41) is 23.6. The summed E-state index contributed by atoms with van der Waals surface area (Å²) in [6, 6.07) is 14.5. The summed E-state index contributed by atoms with van der Waals surface area (Å²) in [7, 11) is 0. The number of halogens is 1. The van der Waals surface area contributed by atoms with Crippen LogP contribution in [0.4, 0.5) is 21.7 Å². The van der Waals surface area contributed by atoms with E-state index in [0.29, 0.717) is 22.9 Å². The van der Waals surface area contributed by atoms with Crippen LogP contribution in [0.15, 0.2) is 72.6 Å². The number of β-amino-alcohol motifs (C(OH)–C–C–N with tert-alkyl or cyclic N) is 1. The Morgan fingerprint density at radius 3 is 2.44 bits per heavy atom. The first-order valence-corrected chi connectivity index (χ1v) is 23.8. The van der Waals surface area contributed by atoms with Crippen LogP contribution in [0.1, 0.15) is 68.1 Å². The van der Waals surface area contributed by atoms with Crippen LogP contribution in [-0.2, 0) is 35.1 Å². The highest BCUT2D eigenvalue weighted by atomic mass is 32.1. The molecule has 1 saturated carbocycles. The van der Waals surface area contributed by atoms with Crippen LogP contribution in [0.25, 0.3) is 21.3 Å². The number of hydrogen-bond acceptors (Lipinski definition) is 15. The maximum atomic E-state index is 14.7. The average molecular weight is 954 g/mol. The number of aliphatic hydroxyl groups excluding tert-OH is 1. The Morgan fingerprint density at radius 2 is 1.71 bits per heavy atom. The molecule has 68 heavy (non-hydrogen) atoms. The number of rotatable bonds is 24. The van der Waals surface area contributed by atoms with E-state index in [1.54, 1.807) is 35.3 Å². The van der Waals surface area contributed by atoms with Gasteiger partial charge >= 0.3 is 0 Å². The van der Waals surface area contributed by atoms with Crippen molar-refractivity contribution in [3.63, 3.8) is 0 Å². The third-order valence-corrected chi connectivity index (χ3v) is 12.7. The Morgan fingerprint density at radius 1 is 0.941 bits per heavy atom. The van der Waals surface area contributed by atoms with E-state index in [1.807, 2.05) is 70.2 Å². The number of aryl methyl sites for hydroxylation is 1. The Kier molecular flexibility index (Phi) is 17.1. The number of carbonyl (C=O) groups excluding carboxylic acids is 4. The van der Waals surface area contributed by atoms with Gasteiger partial charge < -0.3 is 45.5 Å². The fourth-order valence-corrected chi connectivity index (χ4v) is 8.56. The summed E-state index contributed by atoms with van der Waals surface area (Å²) >= 11 is 1.57. The lowest BCUT2D eigenvalue weighted by atomic mass is 9.77. The number of Topliss-reactive ketones (excluding diaryl/α,β-unsaturated/α-hetero) is 1. The molecule has 19 heteroatoms. The standard InChI is InChI=1S/C49H60FN9O8S/c1-30-45(68-29-55-30)32-7-5-31(6-8-32)22-53-47(63)42-20-36(60)26-59(42)48(64)39(49(2,3)4)19-37(61)28-67-18-16-65-15-17-66-27-34(50)24-54-46(62)38-25-52-44(21-41(38)56-35-10-11-35)58-43-12-9-33-23-51-14-13-40(33)57-43/h5-9,12-14,21,23,25,29,34-36,39,42,60H,10-11,15-20,22,24,26-28H2,1-4H3,(H,53,63)(H,54,62)(H2,52,56,57,58)/t34?,36-,39-,42+/m1/s1. The van der Waals surface area contributed by atoms with Gasteiger partial charge in [-0.3, -0.25) is 24.2 Å². The second-order valence-corrected chi connectivity index (χ2v) is 19.1. The summed E-state index contributed by atoms with van der Waals surface area (Å²) in [5.74, 6) is -1.15. The molecular weight excluding hydrogens is 894 g/mol. The van der Waals surface area contributed by atoms with E-state index in [1.165, 1.54) is 11.1 Å². The second-order valence-electron chi connectivity index (χ2n) is 18.2. The molecule has 0 bridgehead atoms. The van der Waals surface area contributed by atoms with E-state index in [-0.39, 0.29) is 95.8 Å². The largest absolute Gasteiger partial charge is 0.391 e. The van der Waals surface area contributed by atoms with Crippen molar-refractivity contribution >= 4 is 63.1 Å². The number of carbonyl (C=O) groups is 4. The van der Waals surface area contributed by atoms with Gasteiger partial charge in [0.2, 0.25) is 11.8 Å². The summed E-state index contributed by atoms with van der Waals surface area (Å²) in [6.45, 7) is 7.57. The highest BCUT2D eigenvalue weighted by molar-refractivity contribution is 7.13. The molecule has 0 radical (unpaired) electrons. The highest BCUT2D eigenvalue weighted by Gasteiger charge is 2.44. The van der Waals surface area contributed by atoms with Crippen molar-refractivity contribution in [2.24, 2.45) is 11.3 Å². The Balaban J connectivity index is 0.770. The van der Waals surface area contributed by atoms with Crippen LogP contribution in [0, 0.1) is 18.3 Å². The van der Waals surface area contributed by atoms with Crippen LogP contribution in [0.2, 0.25) is 0 Å². The summed E-state index contributed by atoms with van der Waals surface area (Å²) in [5.41, 5.74) is 5.73. The van der Waals surface area contributed by atoms with Crippen molar-refractivity contribution < 1.29 is 42.9 Å². The topological polar surface area (TPSA) is 219 Å². The molecule has 4 atom stereocenters. The normalized spacial score (nSPS) is 16.9. The molecule has 1 aliphatic carbocycles. The zero-order valence-corrected chi connectivity index (χ0v) is 39.7. The van der Waals surface area contributed by atoms with Gasteiger partial charge in [-0.05, 0) is 54.5 Å². The van der Waals surface area contributed by atoms with Gasteiger partial charge in [-0.25, -0.2) is 19.3 Å². The van der Waals surface area contributed by atoms with Crippen molar-refractivity contribution in [2.75, 3.05) is 63.4 Å². The van der Waals surface area contributed by atoms with E-state index in [9.17, 15) is 28.7 Å². The first-order chi connectivity index (χ1) is 32.7. The molecule has 362 valence electrons. The quantitative estimate of drug-likeness (QED) is 0.0463. The summed E-state index contributed by atoms with van der Waals surface area (Å²) in [6.07, 6.45) is 4.50. The Hall–Kier alpha value is -5.99. The van der Waals surface area contributed by atoms with Gasteiger partial charge in [0.25, 0.3) is 5.91 Å². The number of fused-ring (bicyclic) bond motifs is 1. The first kappa shape index (κ1) is 49.9. The number of ketones is 1. The minimum atomic E-state index is -1.47. The van der Waals surface area contributed by atoms with Gasteiger partial charge in [0.05, 0.1) is 78.5 Å². The average Bonchev–Trinajstić information content (AvgIpc) is 3.89. The molecule has 4 aromatic heterocycles. The molecule has 17 nitrogen and oxygen atoms in total. The van der Waals surface area contributed by atoms with Gasteiger partial charge in [0, 0.05) is 67.9 Å². The molecule has 3 amide bonds. The van der Waals surface area contributed by atoms with Crippen LogP contribution in [0.5, 0.6) is 0 Å². The zero-order valence-electron chi connectivity index (χ0n) is 38.8. The molecule has 5 N–H and O–H groups in total. The van der Waals surface area contributed by atoms with E-state index in [4.69, 9.17) is 14.2 Å². The van der Waals surface area contributed by atoms with Crippen LogP contribution in [0.3, 0.4) is 0 Å². The van der Waals surface area contributed by atoms with Crippen molar-refractivity contribution in [1.29, 1.82) is 0 Å². The molecular formula is C49H60FN9O8S. The smallest absolute Gasteiger partial charge is 0.255 e. The van der Waals surface area contributed by atoms with Gasteiger partial charge in [-0.2, -0.15) is 0 Å². The molecule has 5 aromatic rings. The molecule has 1 aliphatic heterocycles. The van der Waals surface area contributed by atoms with Crippen LogP contribution < -0.4 is 21.3 Å². The first-order valence-electron chi connectivity index (χ1n) is 22.9. The van der Waals surface area contributed by atoms with Crippen LogP contribution >= 0.6 is 11.3 Å². The number of nitrogens with one attached hydrogen (secondary N) is 4. The molecule has 1 unspecified atom stereocenters. The SMILES string of the molecule is Cc1ncsc1-c1ccc(CNC(=O)[C@@H]2C[C@@H](O)CN2C(=O)[C@@H](CC(=O)COCCOCCOCC(F)CNC(=O)c2cnc(Nc3ccc4cnccc4n3)cc2NC2CC2)C(C)(C)C)cc1. The maximum absolute atomic E-state index is 14.7. The zero-order chi connectivity index (χ0) is 48.2. The number of thiazole rings is 1. The number of anilines is 3. The van der Waals surface area contributed by atoms with Crippen molar-refractivity contribution in [1.82, 2.24) is 35.5 Å². The predicted molar refractivity (Wildman–Crippen MR) is 256 cm³/mol. The third kappa shape index (κ3) is 14.0. The lowest BCUT2D eigenvalue weighted by Crippen LogP contribution is -2.50. The third-order valence-electron chi connectivity index (χ3n) is 11.7. The fraction of sp³-hybridized carbons (Fsp3) is 0.469. The van der Waals surface area contributed by atoms with Crippen LogP contribution in [-0.4, -0.2) is 131 Å². The molecule has 5 heterocycles. The number of aromatic nitrogens is 4. The maximum Gasteiger partial charge on any atom is 0.255 e. The molecule has 1 aromatic carbocycles. The molecule has 0 spiro atoms. The van der Waals surface area contributed by atoms with Gasteiger partial charge in [-0.15, -0.1) is 11.3 Å². The monoisotopic (exact) mass is 953 g/mol. The molecule has 2 fully saturated rings. The minimum absolute atomic E-state index is 0.00314. The lowest BCUT2D eigenvalue weighted by Gasteiger charge is -2.34. The number of alkyl halides is 1. The lowest BCUT2D eigenvalue weighted by molar-refractivity contribution is -0.146. The number of pyridine rings is 3. The second kappa shape index (κ2) is 23.3. The van der Waals surface area contributed by atoms with Gasteiger partial charge in [0.15, 0.2) is 5.78 Å².